The van der Waals surface area contributed by atoms with Crippen LogP contribution in [-0.2, 0) is 0 Å². The number of benzene rings is 2. The molecule has 1 N–H and O–H groups in total. The van der Waals surface area contributed by atoms with Crippen LogP contribution in [0.5, 0.6) is 0 Å². The zero-order chi connectivity index (χ0) is 18.4. The molecule has 3 heterocycles. The van der Waals surface area contributed by atoms with Gasteiger partial charge in [0.1, 0.15) is 0 Å². The number of hydrogen-bond acceptors (Lipinski definition) is 2. The van der Waals surface area contributed by atoms with Crippen molar-refractivity contribution in [2.75, 3.05) is 0 Å². The molecule has 27 heavy (non-hydrogen) atoms. The van der Waals surface area contributed by atoms with Crippen LogP contribution in [0.4, 0.5) is 0 Å². The van der Waals surface area contributed by atoms with Gasteiger partial charge in [0.05, 0.1) is 0 Å². The van der Waals surface area contributed by atoms with E-state index in [2.05, 4.69) is 75.6 Å². The molecule has 0 aliphatic rings. The molecule has 0 amide bonds. The molecule has 2 aromatic carbocycles. The normalized spacial score (nSPS) is 11.3. The second-order valence-electron chi connectivity index (χ2n) is 7.02. The van der Waals surface area contributed by atoms with Gasteiger partial charge in [-0.15, -0.1) is 0 Å². The van der Waals surface area contributed by atoms with Crippen molar-refractivity contribution in [3.63, 3.8) is 0 Å². The maximum absolute atomic E-state index is 4.31. The fourth-order valence-corrected chi connectivity index (χ4v) is 3.71. The molecule has 0 aliphatic carbocycles. The molecule has 0 atom stereocenters. The molecule has 0 spiro atoms. The summed E-state index contributed by atoms with van der Waals surface area (Å²) < 4.78 is 0. The van der Waals surface area contributed by atoms with Crippen LogP contribution in [0.3, 0.4) is 0 Å². The van der Waals surface area contributed by atoms with Gasteiger partial charge in [-0.2, -0.15) is 0 Å². The van der Waals surface area contributed by atoms with Gasteiger partial charge >= 0.3 is 0 Å². The number of aromatic nitrogens is 3. The third-order valence-corrected chi connectivity index (χ3v) is 5.06. The predicted octanol–water partition coefficient (Wildman–Crippen LogP) is 6.06. The smallest absolute Gasteiger partial charge is 0.0465 e. The standard InChI is InChI=1S/C24H19N3/c1-15-11-19(7-9-25-15)17-3-5-23-21(13-17)22-14-18(4-6-24(22)27-23)20-8-10-26-16(2)12-20/h3-14,27H,1-2H3. The van der Waals surface area contributed by atoms with Gasteiger partial charge in [0.2, 0.25) is 0 Å². The molecule has 0 aliphatic heterocycles. The van der Waals surface area contributed by atoms with E-state index in [0.29, 0.717) is 0 Å². The molecule has 0 fully saturated rings. The molecule has 130 valence electrons. The first-order valence-electron chi connectivity index (χ1n) is 9.09. The monoisotopic (exact) mass is 349 g/mol. The van der Waals surface area contributed by atoms with E-state index in [0.717, 1.165) is 22.4 Å². The predicted molar refractivity (Wildman–Crippen MR) is 112 cm³/mol. The first-order valence-corrected chi connectivity index (χ1v) is 9.09. The summed E-state index contributed by atoms with van der Waals surface area (Å²) in [5.41, 5.74) is 9.17. The molecule has 5 aromatic rings. The minimum absolute atomic E-state index is 1.03. The third-order valence-electron chi connectivity index (χ3n) is 5.06. The molecule has 0 bridgehead atoms. The maximum Gasteiger partial charge on any atom is 0.0465 e. The molecular weight excluding hydrogens is 330 g/mol. The molecule has 3 nitrogen and oxygen atoms in total. The highest BCUT2D eigenvalue weighted by Gasteiger charge is 2.08. The SMILES string of the molecule is Cc1cc(-c2ccc3[nH]c4ccc(-c5ccnc(C)c5)cc4c3c2)ccn1. The first kappa shape index (κ1) is 15.8. The lowest BCUT2D eigenvalue weighted by molar-refractivity contribution is 1.20. The fraction of sp³-hybridized carbons (Fsp3) is 0.0833. The summed E-state index contributed by atoms with van der Waals surface area (Å²) in [4.78, 5) is 12.2. The highest BCUT2D eigenvalue weighted by molar-refractivity contribution is 6.09. The van der Waals surface area contributed by atoms with E-state index in [1.165, 1.54) is 33.0 Å². The zero-order valence-corrected chi connectivity index (χ0v) is 15.3. The molecule has 5 rings (SSSR count). The minimum Gasteiger partial charge on any atom is -0.355 e. The van der Waals surface area contributed by atoms with Crippen LogP contribution >= 0.6 is 0 Å². The summed E-state index contributed by atoms with van der Waals surface area (Å²) in [6.07, 6.45) is 3.74. The Bertz CT molecular complexity index is 1200. The third kappa shape index (κ3) is 2.77. The number of hydrogen-bond donors (Lipinski definition) is 1. The first-order chi connectivity index (χ1) is 13.2. The number of aryl methyl sites for hydroxylation is 2. The van der Waals surface area contributed by atoms with Crippen molar-refractivity contribution in [1.82, 2.24) is 15.0 Å². The Hall–Kier alpha value is -3.46. The summed E-state index contributed by atoms with van der Waals surface area (Å²) in [7, 11) is 0. The number of aromatic amines is 1. The van der Waals surface area contributed by atoms with Crippen molar-refractivity contribution in [1.29, 1.82) is 0 Å². The molecule has 0 unspecified atom stereocenters. The average molecular weight is 349 g/mol. The quantitative estimate of drug-likeness (QED) is 0.421. The Labute approximate surface area is 157 Å². The Balaban J connectivity index is 1.71. The molecular formula is C24H19N3. The second-order valence-corrected chi connectivity index (χ2v) is 7.02. The minimum atomic E-state index is 1.03. The van der Waals surface area contributed by atoms with Gasteiger partial charge in [0, 0.05) is 45.6 Å². The van der Waals surface area contributed by atoms with Crippen LogP contribution in [-0.4, -0.2) is 15.0 Å². The summed E-state index contributed by atoms with van der Waals surface area (Å²) in [5.74, 6) is 0. The van der Waals surface area contributed by atoms with Gasteiger partial charge in [-0.05, 0) is 84.6 Å². The molecule has 3 heteroatoms. The van der Waals surface area contributed by atoms with E-state index >= 15 is 0 Å². The van der Waals surface area contributed by atoms with Crippen molar-refractivity contribution >= 4 is 21.8 Å². The number of fused-ring (bicyclic) bond motifs is 3. The van der Waals surface area contributed by atoms with E-state index in [4.69, 9.17) is 0 Å². The topological polar surface area (TPSA) is 41.6 Å². The summed E-state index contributed by atoms with van der Waals surface area (Å²) in [6, 6.07) is 21.6. The van der Waals surface area contributed by atoms with Gasteiger partial charge in [-0.1, -0.05) is 12.1 Å². The van der Waals surface area contributed by atoms with E-state index < -0.39 is 0 Å². The highest BCUT2D eigenvalue weighted by atomic mass is 14.7. The lowest BCUT2D eigenvalue weighted by Crippen LogP contribution is -1.83. The van der Waals surface area contributed by atoms with Crippen LogP contribution in [0.1, 0.15) is 11.4 Å². The van der Waals surface area contributed by atoms with Crippen molar-refractivity contribution in [3.05, 3.63) is 84.4 Å². The maximum atomic E-state index is 4.31. The summed E-state index contributed by atoms with van der Waals surface area (Å²) in [5, 5.41) is 2.48. The number of rotatable bonds is 2. The van der Waals surface area contributed by atoms with E-state index in [1.807, 2.05) is 26.2 Å². The number of H-pyrrole nitrogens is 1. The van der Waals surface area contributed by atoms with Gasteiger partial charge in [-0.3, -0.25) is 9.97 Å². The zero-order valence-electron chi connectivity index (χ0n) is 15.3. The average Bonchev–Trinajstić information content (AvgIpc) is 3.05. The van der Waals surface area contributed by atoms with E-state index in [9.17, 15) is 0 Å². The largest absolute Gasteiger partial charge is 0.355 e. The molecule has 0 saturated heterocycles. The number of nitrogens with zero attached hydrogens (tertiary/aromatic N) is 2. The molecule has 3 aromatic heterocycles. The fourth-order valence-electron chi connectivity index (χ4n) is 3.71. The Kier molecular flexibility index (Phi) is 3.54. The van der Waals surface area contributed by atoms with Crippen LogP contribution in [0.15, 0.2) is 73.1 Å². The van der Waals surface area contributed by atoms with Crippen molar-refractivity contribution in [2.24, 2.45) is 0 Å². The summed E-state index contributed by atoms with van der Waals surface area (Å²) in [6.45, 7) is 4.05. The number of pyridine rings is 2. The lowest BCUT2D eigenvalue weighted by Gasteiger charge is -2.04. The number of nitrogens with one attached hydrogen (secondary N) is 1. The van der Waals surface area contributed by atoms with E-state index in [1.54, 1.807) is 0 Å². The van der Waals surface area contributed by atoms with Crippen LogP contribution in [0.25, 0.3) is 44.1 Å². The summed E-state index contributed by atoms with van der Waals surface area (Å²) >= 11 is 0. The van der Waals surface area contributed by atoms with Crippen LogP contribution in [0.2, 0.25) is 0 Å². The lowest BCUT2D eigenvalue weighted by atomic mass is 10.0. The van der Waals surface area contributed by atoms with Crippen molar-refractivity contribution in [2.45, 2.75) is 13.8 Å². The Morgan fingerprint density at radius 3 is 1.44 bits per heavy atom. The van der Waals surface area contributed by atoms with Gasteiger partial charge in [0.15, 0.2) is 0 Å². The Morgan fingerprint density at radius 1 is 0.556 bits per heavy atom. The highest BCUT2D eigenvalue weighted by Crippen LogP contribution is 2.33. The van der Waals surface area contributed by atoms with Crippen LogP contribution in [0, 0.1) is 13.8 Å². The van der Waals surface area contributed by atoms with Crippen molar-refractivity contribution < 1.29 is 0 Å². The van der Waals surface area contributed by atoms with E-state index in [-0.39, 0.29) is 0 Å². The van der Waals surface area contributed by atoms with Gasteiger partial charge < -0.3 is 4.98 Å². The molecule has 0 radical (unpaired) electrons. The Morgan fingerprint density at radius 2 is 1.00 bits per heavy atom. The second kappa shape index (κ2) is 6.06. The van der Waals surface area contributed by atoms with Crippen molar-refractivity contribution in [3.8, 4) is 22.3 Å². The van der Waals surface area contributed by atoms with Gasteiger partial charge in [-0.25, -0.2) is 0 Å². The van der Waals surface area contributed by atoms with Gasteiger partial charge in [0.25, 0.3) is 0 Å². The molecule has 0 saturated carbocycles. The van der Waals surface area contributed by atoms with Crippen LogP contribution < -0.4 is 0 Å².